The molecule has 0 aliphatic heterocycles. The van der Waals surface area contributed by atoms with Crippen LogP contribution in [-0.4, -0.2) is 35.4 Å². The van der Waals surface area contributed by atoms with E-state index >= 15 is 0 Å². The lowest BCUT2D eigenvalue weighted by Gasteiger charge is -2.46. The van der Waals surface area contributed by atoms with Gasteiger partial charge < -0.3 is 14.9 Å². The molecule has 0 spiro atoms. The number of rotatable bonds is 7. The molecule has 19 heavy (non-hydrogen) atoms. The molecule has 2 unspecified atom stereocenters. The zero-order valence-electron chi connectivity index (χ0n) is 11.8. The molecule has 1 fully saturated rings. The second kappa shape index (κ2) is 6.37. The molecule has 0 aromatic heterocycles. The lowest BCUT2D eigenvalue weighted by Crippen LogP contribution is -2.53. The first-order valence-electron chi connectivity index (χ1n) is 6.95. The van der Waals surface area contributed by atoms with E-state index in [9.17, 15) is 19.8 Å². The van der Waals surface area contributed by atoms with Gasteiger partial charge in [-0.3, -0.25) is 9.59 Å². The van der Waals surface area contributed by atoms with Crippen LogP contribution in [0.5, 0.6) is 0 Å². The standard InChI is InChI=1S/C14H24O5/c1-3-9-19-10-8-14(12(17)18)7-5-4-6-13(14,2)11(15)16/h3-10H2,1-2H3,(H,15,16)(H,17,18). The van der Waals surface area contributed by atoms with Crippen molar-refractivity contribution in [3.8, 4) is 0 Å². The first kappa shape index (κ1) is 16.0. The lowest BCUT2D eigenvalue weighted by molar-refractivity contribution is -0.180. The van der Waals surface area contributed by atoms with Crippen molar-refractivity contribution in [2.45, 2.75) is 52.4 Å². The smallest absolute Gasteiger partial charge is 0.310 e. The van der Waals surface area contributed by atoms with E-state index in [1.165, 1.54) is 0 Å². The predicted molar refractivity (Wildman–Crippen MR) is 70.0 cm³/mol. The first-order chi connectivity index (χ1) is 8.90. The summed E-state index contributed by atoms with van der Waals surface area (Å²) in [4.78, 5) is 23.3. The molecule has 0 aromatic carbocycles. The third-order valence-electron chi connectivity index (χ3n) is 4.49. The third-order valence-corrected chi connectivity index (χ3v) is 4.49. The van der Waals surface area contributed by atoms with Gasteiger partial charge in [-0.1, -0.05) is 19.8 Å². The summed E-state index contributed by atoms with van der Waals surface area (Å²) in [5.41, 5.74) is -2.41. The Labute approximate surface area is 114 Å². The van der Waals surface area contributed by atoms with Gasteiger partial charge in [-0.05, 0) is 32.6 Å². The molecule has 0 bridgehead atoms. The van der Waals surface area contributed by atoms with Crippen molar-refractivity contribution in [3.05, 3.63) is 0 Å². The van der Waals surface area contributed by atoms with Gasteiger partial charge in [0, 0.05) is 13.2 Å². The van der Waals surface area contributed by atoms with E-state index < -0.39 is 22.8 Å². The molecule has 0 radical (unpaired) electrons. The van der Waals surface area contributed by atoms with Crippen molar-refractivity contribution in [2.75, 3.05) is 13.2 Å². The molecule has 1 saturated carbocycles. The maximum absolute atomic E-state index is 11.7. The van der Waals surface area contributed by atoms with Crippen molar-refractivity contribution in [3.63, 3.8) is 0 Å². The minimum absolute atomic E-state index is 0.269. The number of ether oxygens (including phenoxy) is 1. The Morgan fingerprint density at radius 2 is 1.74 bits per heavy atom. The van der Waals surface area contributed by atoms with E-state index in [0.717, 1.165) is 19.3 Å². The predicted octanol–water partition coefficient (Wildman–Crippen LogP) is 2.54. The molecule has 5 nitrogen and oxygen atoms in total. The number of carbonyl (C=O) groups is 2. The highest BCUT2D eigenvalue weighted by Crippen LogP contribution is 2.53. The van der Waals surface area contributed by atoms with Crippen LogP contribution in [0.15, 0.2) is 0 Å². The molecule has 110 valence electrons. The molecule has 2 N–H and O–H groups in total. The van der Waals surface area contributed by atoms with Crippen LogP contribution < -0.4 is 0 Å². The van der Waals surface area contributed by atoms with Gasteiger partial charge in [-0.15, -0.1) is 0 Å². The number of carboxylic acid groups (broad SMARTS) is 2. The van der Waals surface area contributed by atoms with Crippen molar-refractivity contribution >= 4 is 11.9 Å². The maximum Gasteiger partial charge on any atom is 0.310 e. The van der Waals surface area contributed by atoms with Crippen molar-refractivity contribution < 1.29 is 24.5 Å². The highest BCUT2D eigenvalue weighted by molar-refractivity contribution is 5.86. The molecule has 0 heterocycles. The summed E-state index contributed by atoms with van der Waals surface area (Å²) in [6.07, 6.45) is 3.51. The summed E-state index contributed by atoms with van der Waals surface area (Å²) < 4.78 is 5.38. The maximum atomic E-state index is 11.7. The molecule has 1 rings (SSSR count). The summed E-state index contributed by atoms with van der Waals surface area (Å²) >= 11 is 0. The highest BCUT2D eigenvalue weighted by Gasteiger charge is 2.59. The summed E-state index contributed by atoms with van der Waals surface area (Å²) in [5.74, 6) is -2.01. The van der Waals surface area contributed by atoms with Gasteiger partial charge in [0.1, 0.15) is 0 Å². The molecule has 0 saturated heterocycles. The van der Waals surface area contributed by atoms with Gasteiger partial charge in [-0.2, -0.15) is 0 Å². The fourth-order valence-corrected chi connectivity index (χ4v) is 3.08. The molecule has 5 heteroatoms. The third kappa shape index (κ3) is 2.91. The van der Waals surface area contributed by atoms with Crippen molar-refractivity contribution in [1.29, 1.82) is 0 Å². The molecular weight excluding hydrogens is 248 g/mol. The van der Waals surface area contributed by atoms with Crippen LogP contribution in [0.25, 0.3) is 0 Å². The average Bonchev–Trinajstić information content (AvgIpc) is 2.36. The second-order valence-electron chi connectivity index (χ2n) is 5.59. The summed E-state index contributed by atoms with van der Waals surface area (Å²) in [7, 11) is 0. The minimum Gasteiger partial charge on any atom is -0.481 e. The number of aliphatic carboxylic acids is 2. The largest absolute Gasteiger partial charge is 0.481 e. The normalized spacial score (nSPS) is 31.1. The van der Waals surface area contributed by atoms with Crippen molar-refractivity contribution in [1.82, 2.24) is 0 Å². The minimum atomic E-state index is -1.20. The Kier molecular flexibility index (Phi) is 5.35. The SMILES string of the molecule is CCCOCCC1(C(=O)O)CCCCC1(C)C(=O)O. The van der Waals surface area contributed by atoms with E-state index in [1.54, 1.807) is 6.92 Å². The Balaban J connectivity index is 2.93. The molecule has 0 aromatic rings. The Morgan fingerprint density at radius 1 is 1.11 bits per heavy atom. The summed E-state index contributed by atoms with van der Waals surface area (Å²) in [6.45, 7) is 4.44. The van der Waals surface area contributed by atoms with Crippen LogP contribution in [0.2, 0.25) is 0 Å². The monoisotopic (exact) mass is 272 g/mol. The lowest BCUT2D eigenvalue weighted by atomic mass is 9.55. The Bertz CT molecular complexity index is 341. The fraction of sp³-hybridized carbons (Fsp3) is 0.857. The van der Waals surface area contributed by atoms with Crippen LogP contribution in [0.4, 0.5) is 0 Å². The van der Waals surface area contributed by atoms with Crippen molar-refractivity contribution in [2.24, 2.45) is 10.8 Å². The summed E-state index contributed by atoms with van der Waals surface area (Å²) in [5, 5.41) is 19.1. The van der Waals surface area contributed by atoms with E-state index in [-0.39, 0.29) is 6.42 Å². The van der Waals surface area contributed by atoms with Crippen LogP contribution >= 0.6 is 0 Å². The fourth-order valence-electron chi connectivity index (χ4n) is 3.08. The van der Waals surface area contributed by atoms with Gasteiger partial charge in [0.15, 0.2) is 0 Å². The van der Waals surface area contributed by atoms with Gasteiger partial charge in [-0.25, -0.2) is 0 Å². The number of hydrogen-bond acceptors (Lipinski definition) is 3. The van der Waals surface area contributed by atoms with Gasteiger partial charge in [0.25, 0.3) is 0 Å². The quantitative estimate of drug-likeness (QED) is 0.696. The average molecular weight is 272 g/mol. The van der Waals surface area contributed by atoms with Crippen LogP contribution in [0.3, 0.4) is 0 Å². The molecular formula is C14H24O5. The molecule has 0 amide bonds. The van der Waals surface area contributed by atoms with Crippen LogP contribution in [0.1, 0.15) is 52.4 Å². The topological polar surface area (TPSA) is 83.8 Å². The summed E-state index contributed by atoms with van der Waals surface area (Å²) in [6, 6.07) is 0. The Morgan fingerprint density at radius 3 is 2.26 bits per heavy atom. The number of hydrogen-bond donors (Lipinski definition) is 2. The van der Waals surface area contributed by atoms with Gasteiger partial charge in [0.2, 0.25) is 0 Å². The van der Waals surface area contributed by atoms with E-state index in [4.69, 9.17) is 4.74 Å². The number of carboxylic acids is 2. The zero-order chi connectivity index (χ0) is 14.5. The second-order valence-corrected chi connectivity index (χ2v) is 5.59. The Hall–Kier alpha value is -1.10. The first-order valence-corrected chi connectivity index (χ1v) is 6.95. The van der Waals surface area contributed by atoms with E-state index in [2.05, 4.69) is 0 Å². The van der Waals surface area contributed by atoms with Gasteiger partial charge in [0.05, 0.1) is 10.8 Å². The molecule has 2 atom stereocenters. The molecule has 1 aliphatic rings. The highest BCUT2D eigenvalue weighted by atomic mass is 16.5. The van der Waals surface area contributed by atoms with E-state index in [0.29, 0.717) is 26.1 Å². The van der Waals surface area contributed by atoms with Crippen LogP contribution in [0, 0.1) is 10.8 Å². The molecule has 1 aliphatic carbocycles. The van der Waals surface area contributed by atoms with E-state index in [1.807, 2.05) is 6.92 Å². The zero-order valence-corrected chi connectivity index (χ0v) is 11.8. The van der Waals surface area contributed by atoms with Crippen LogP contribution in [-0.2, 0) is 14.3 Å². The van der Waals surface area contributed by atoms with Gasteiger partial charge >= 0.3 is 11.9 Å².